The van der Waals surface area contributed by atoms with E-state index in [1.54, 1.807) is 0 Å². The SMILES string of the molecule is CCCCCCCCC(CC(=O)OCCOCCOC(C)COC(C)C)C(=O)OC. The molecular weight excluding hydrogens is 388 g/mol. The highest BCUT2D eigenvalue weighted by molar-refractivity contribution is 5.79. The molecule has 0 aliphatic heterocycles. The maximum absolute atomic E-state index is 12.0. The Balaban J connectivity index is 3.84. The molecule has 0 heterocycles. The largest absolute Gasteiger partial charge is 0.469 e. The average Bonchev–Trinajstić information content (AvgIpc) is 2.72. The summed E-state index contributed by atoms with van der Waals surface area (Å²) in [6.07, 6.45) is 7.72. The molecule has 7 heteroatoms. The van der Waals surface area contributed by atoms with Crippen LogP contribution in [0.15, 0.2) is 0 Å². The van der Waals surface area contributed by atoms with Crippen molar-refractivity contribution in [3.63, 3.8) is 0 Å². The minimum absolute atomic E-state index is 0.00993. The van der Waals surface area contributed by atoms with E-state index in [1.807, 2.05) is 20.8 Å². The second-order valence-electron chi connectivity index (χ2n) is 7.88. The number of hydrogen-bond donors (Lipinski definition) is 0. The molecule has 7 nitrogen and oxygen atoms in total. The van der Waals surface area contributed by atoms with Crippen LogP contribution >= 0.6 is 0 Å². The van der Waals surface area contributed by atoms with E-state index >= 15 is 0 Å². The van der Waals surface area contributed by atoms with Gasteiger partial charge in [-0.3, -0.25) is 9.59 Å². The van der Waals surface area contributed by atoms with Gasteiger partial charge in [0.2, 0.25) is 0 Å². The third-order valence-electron chi connectivity index (χ3n) is 4.64. The highest BCUT2D eigenvalue weighted by Crippen LogP contribution is 2.17. The van der Waals surface area contributed by atoms with E-state index in [-0.39, 0.29) is 31.2 Å². The van der Waals surface area contributed by atoms with Gasteiger partial charge in [-0.2, -0.15) is 0 Å². The van der Waals surface area contributed by atoms with E-state index < -0.39 is 11.9 Å². The molecule has 2 atom stereocenters. The van der Waals surface area contributed by atoms with E-state index in [1.165, 1.54) is 26.4 Å². The van der Waals surface area contributed by atoms with Crippen molar-refractivity contribution in [3.05, 3.63) is 0 Å². The van der Waals surface area contributed by atoms with E-state index in [9.17, 15) is 9.59 Å². The molecule has 0 aliphatic rings. The lowest BCUT2D eigenvalue weighted by Gasteiger charge is -2.15. The summed E-state index contributed by atoms with van der Waals surface area (Å²) in [5.74, 6) is -1.17. The fraction of sp³-hybridized carbons (Fsp3) is 0.913. The number of esters is 2. The van der Waals surface area contributed by atoms with Crippen molar-refractivity contribution in [1.29, 1.82) is 0 Å². The lowest BCUT2D eigenvalue weighted by atomic mass is 9.97. The zero-order valence-corrected chi connectivity index (χ0v) is 19.8. The van der Waals surface area contributed by atoms with Gasteiger partial charge in [-0.1, -0.05) is 45.4 Å². The molecule has 0 N–H and O–H groups in total. The summed E-state index contributed by atoms with van der Waals surface area (Å²) in [5, 5.41) is 0. The van der Waals surface area contributed by atoms with Gasteiger partial charge in [0.15, 0.2) is 0 Å². The van der Waals surface area contributed by atoms with Crippen LogP contribution in [0.2, 0.25) is 0 Å². The normalized spacial score (nSPS) is 13.3. The number of unbranched alkanes of at least 4 members (excludes halogenated alkanes) is 5. The fourth-order valence-corrected chi connectivity index (χ4v) is 2.90. The van der Waals surface area contributed by atoms with Gasteiger partial charge in [0.25, 0.3) is 0 Å². The van der Waals surface area contributed by atoms with Crippen molar-refractivity contribution in [2.45, 2.75) is 91.3 Å². The Morgan fingerprint density at radius 2 is 1.50 bits per heavy atom. The van der Waals surface area contributed by atoms with Crippen LogP contribution < -0.4 is 0 Å². The molecule has 0 bridgehead atoms. The minimum Gasteiger partial charge on any atom is -0.469 e. The van der Waals surface area contributed by atoms with Crippen LogP contribution in [0.4, 0.5) is 0 Å². The van der Waals surface area contributed by atoms with Gasteiger partial charge in [-0.15, -0.1) is 0 Å². The van der Waals surface area contributed by atoms with Gasteiger partial charge >= 0.3 is 11.9 Å². The van der Waals surface area contributed by atoms with Crippen LogP contribution in [0, 0.1) is 5.92 Å². The Morgan fingerprint density at radius 3 is 2.17 bits per heavy atom. The molecule has 0 aliphatic carbocycles. The van der Waals surface area contributed by atoms with Crippen LogP contribution in [0.25, 0.3) is 0 Å². The molecule has 0 saturated carbocycles. The highest BCUT2D eigenvalue weighted by Gasteiger charge is 2.23. The maximum Gasteiger partial charge on any atom is 0.309 e. The third-order valence-corrected chi connectivity index (χ3v) is 4.64. The van der Waals surface area contributed by atoms with Crippen molar-refractivity contribution in [1.82, 2.24) is 0 Å². The predicted molar refractivity (Wildman–Crippen MR) is 116 cm³/mol. The van der Waals surface area contributed by atoms with E-state index in [0.29, 0.717) is 32.8 Å². The average molecular weight is 433 g/mol. The van der Waals surface area contributed by atoms with Gasteiger partial charge in [0.05, 0.1) is 58.1 Å². The Hall–Kier alpha value is -1.18. The molecular formula is C23H44O7. The first-order valence-electron chi connectivity index (χ1n) is 11.4. The predicted octanol–water partition coefficient (Wildman–Crippen LogP) is 4.31. The van der Waals surface area contributed by atoms with Crippen molar-refractivity contribution in [2.24, 2.45) is 5.92 Å². The third kappa shape index (κ3) is 17.7. The number of carbonyl (C=O) groups is 2. The first-order valence-corrected chi connectivity index (χ1v) is 11.4. The quantitative estimate of drug-likeness (QED) is 0.209. The number of carbonyl (C=O) groups excluding carboxylic acids is 2. The van der Waals surface area contributed by atoms with Gasteiger partial charge in [0, 0.05) is 0 Å². The molecule has 0 amide bonds. The van der Waals surface area contributed by atoms with Crippen LogP contribution in [0.3, 0.4) is 0 Å². The zero-order valence-electron chi connectivity index (χ0n) is 19.8. The fourth-order valence-electron chi connectivity index (χ4n) is 2.90. The van der Waals surface area contributed by atoms with Crippen LogP contribution in [0.1, 0.15) is 79.1 Å². The maximum atomic E-state index is 12.0. The molecule has 0 rings (SSSR count). The molecule has 0 saturated heterocycles. The van der Waals surface area contributed by atoms with Crippen molar-refractivity contribution in [2.75, 3.05) is 40.1 Å². The van der Waals surface area contributed by atoms with Crippen molar-refractivity contribution < 1.29 is 33.3 Å². The zero-order chi connectivity index (χ0) is 22.6. The summed E-state index contributed by atoms with van der Waals surface area (Å²) >= 11 is 0. The topological polar surface area (TPSA) is 80.3 Å². The monoisotopic (exact) mass is 432 g/mol. The van der Waals surface area contributed by atoms with Crippen molar-refractivity contribution in [3.8, 4) is 0 Å². The molecule has 178 valence electrons. The summed E-state index contributed by atoms with van der Waals surface area (Å²) in [5.41, 5.74) is 0. The van der Waals surface area contributed by atoms with Gasteiger partial charge in [-0.05, 0) is 27.2 Å². The number of hydrogen-bond acceptors (Lipinski definition) is 7. The van der Waals surface area contributed by atoms with Crippen molar-refractivity contribution >= 4 is 11.9 Å². The lowest BCUT2D eigenvalue weighted by Crippen LogP contribution is -2.23. The molecule has 0 aromatic carbocycles. The summed E-state index contributed by atoms with van der Waals surface area (Å²) in [7, 11) is 1.35. The molecule has 0 aromatic rings. The van der Waals surface area contributed by atoms with Crippen LogP contribution in [-0.2, 0) is 33.3 Å². The first kappa shape index (κ1) is 28.8. The standard InChI is InChI=1S/C23H44O7/c1-6-7-8-9-10-11-12-21(23(25)26-5)17-22(24)29-16-14-27-13-15-28-20(4)18-30-19(2)3/h19-21H,6-18H2,1-5H3. The molecule has 2 unspecified atom stereocenters. The summed E-state index contributed by atoms with van der Waals surface area (Å²) < 4.78 is 26.5. The van der Waals surface area contributed by atoms with Gasteiger partial charge in [0.1, 0.15) is 6.61 Å². The Labute approximate surface area is 183 Å². The van der Waals surface area contributed by atoms with E-state index in [4.69, 9.17) is 23.7 Å². The van der Waals surface area contributed by atoms with E-state index in [2.05, 4.69) is 6.92 Å². The Kier molecular flexibility index (Phi) is 19.0. The summed E-state index contributed by atoms with van der Waals surface area (Å²) in [6, 6.07) is 0. The Morgan fingerprint density at radius 1 is 0.833 bits per heavy atom. The second kappa shape index (κ2) is 19.8. The molecule has 0 radical (unpaired) electrons. The summed E-state index contributed by atoms with van der Waals surface area (Å²) in [6.45, 7) is 10.00. The molecule has 30 heavy (non-hydrogen) atoms. The minimum atomic E-state index is -0.433. The highest BCUT2D eigenvalue weighted by atomic mass is 16.6. The van der Waals surface area contributed by atoms with Gasteiger partial charge < -0.3 is 23.7 Å². The van der Waals surface area contributed by atoms with Gasteiger partial charge in [-0.25, -0.2) is 0 Å². The number of rotatable bonds is 20. The molecule has 0 spiro atoms. The molecule has 0 aromatic heterocycles. The smallest absolute Gasteiger partial charge is 0.309 e. The van der Waals surface area contributed by atoms with E-state index in [0.717, 1.165) is 19.3 Å². The Bertz CT molecular complexity index is 426. The lowest BCUT2D eigenvalue weighted by molar-refractivity contribution is -0.154. The number of methoxy groups -OCH3 is 1. The van der Waals surface area contributed by atoms with Crippen LogP contribution in [0.5, 0.6) is 0 Å². The second-order valence-corrected chi connectivity index (χ2v) is 7.88. The summed E-state index contributed by atoms with van der Waals surface area (Å²) in [4.78, 5) is 24.0. The number of ether oxygens (including phenoxy) is 5. The van der Waals surface area contributed by atoms with Crippen LogP contribution in [-0.4, -0.2) is 64.3 Å². The molecule has 0 fully saturated rings. The first-order chi connectivity index (χ1) is 14.4.